The van der Waals surface area contributed by atoms with Crippen LogP contribution in [0.2, 0.25) is 0 Å². The first-order chi connectivity index (χ1) is 9.33. The number of carboxylic acids is 2. The van der Waals surface area contributed by atoms with Gasteiger partial charge in [0.15, 0.2) is 0 Å². The number of aromatic carboxylic acids is 2. The lowest BCUT2D eigenvalue weighted by molar-refractivity contribution is 0.0694. The minimum atomic E-state index is -4.70. The fourth-order valence-electron chi connectivity index (χ4n) is 1.90. The van der Waals surface area contributed by atoms with Gasteiger partial charge in [-0.2, -0.15) is 8.42 Å². The smallest absolute Gasteiger partial charge is 0.336 e. The van der Waals surface area contributed by atoms with Crippen molar-refractivity contribution >= 4 is 22.1 Å². The maximum absolute atomic E-state index is 11.3. The lowest BCUT2D eigenvalue weighted by atomic mass is 9.84. The summed E-state index contributed by atoms with van der Waals surface area (Å²) in [5, 5.41) is 18.4. The Kier molecular flexibility index (Phi) is 4.45. The van der Waals surface area contributed by atoms with Crippen molar-refractivity contribution in [2.75, 3.05) is 0 Å². The van der Waals surface area contributed by atoms with Crippen molar-refractivity contribution in [1.82, 2.24) is 0 Å². The van der Waals surface area contributed by atoms with Crippen LogP contribution < -0.4 is 0 Å². The summed E-state index contributed by atoms with van der Waals surface area (Å²) in [5.74, 6) is -2.91. The highest BCUT2D eigenvalue weighted by atomic mass is 32.2. The molecule has 0 atom stereocenters. The van der Waals surface area contributed by atoms with Crippen LogP contribution in [0.25, 0.3) is 0 Å². The lowest BCUT2D eigenvalue weighted by Crippen LogP contribution is -2.18. The molecule has 0 radical (unpaired) electrons. The molecule has 0 aromatic heterocycles. The van der Waals surface area contributed by atoms with Gasteiger partial charge < -0.3 is 10.2 Å². The van der Waals surface area contributed by atoms with Crippen LogP contribution in [-0.2, 0) is 16.5 Å². The van der Waals surface area contributed by atoms with Crippen LogP contribution in [0.4, 0.5) is 0 Å². The molecular weight excluding hydrogens is 300 g/mol. The number of benzene rings is 1. The van der Waals surface area contributed by atoms with Gasteiger partial charge in [-0.25, -0.2) is 9.59 Å². The van der Waals surface area contributed by atoms with Gasteiger partial charge in [0.1, 0.15) is 0 Å². The van der Waals surface area contributed by atoms with Crippen LogP contribution in [0.5, 0.6) is 0 Å². The first kappa shape index (κ1) is 17.1. The van der Waals surface area contributed by atoms with Crippen LogP contribution in [0.3, 0.4) is 0 Å². The number of carbonyl (C=O) groups is 2. The van der Waals surface area contributed by atoms with E-state index in [1.54, 1.807) is 20.8 Å². The predicted molar refractivity (Wildman–Crippen MR) is 73.3 cm³/mol. The van der Waals surface area contributed by atoms with Crippen LogP contribution in [0.15, 0.2) is 17.0 Å². The van der Waals surface area contributed by atoms with Crippen LogP contribution in [0.1, 0.15) is 47.1 Å². The van der Waals surface area contributed by atoms with E-state index in [-0.39, 0.29) is 12.0 Å². The van der Waals surface area contributed by atoms with Crippen molar-refractivity contribution in [3.05, 3.63) is 28.8 Å². The molecule has 7 nitrogen and oxygen atoms in total. The van der Waals surface area contributed by atoms with Gasteiger partial charge in [-0.05, 0) is 29.5 Å². The molecule has 8 heteroatoms. The Hall–Kier alpha value is -1.93. The van der Waals surface area contributed by atoms with Crippen molar-refractivity contribution in [2.45, 2.75) is 32.1 Å². The maximum atomic E-state index is 11.3. The highest BCUT2D eigenvalue weighted by Crippen LogP contribution is 2.28. The van der Waals surface area contributed by atoms with Gasteiger partial charge >= 0.3 is 11.9 Å². The van der Waals surface area contributed by atoms with Gasteiger partial charge in [-0.15, -0.1) is 0 Å². The molecule has 0 bridgehead atoms. The third kappa shape index (κ3) is 4.27. The van der Waals surface area contributed by atoms with E-state index < -0.39 is 43.5 Å². The molecule has 0 fully saturated rings. The minimum Gasteiger partial charge on any atom is -0.478 e. The minimum absolute atomic E-state index is 0.0231. The number of hydrogen-bond acceptors (Lipinski definition) is 4. The third-order valence-electron chi connectivity index (χ3n) is 2.69. The van der Waals surface area contributed by atoms with Gasteiger partial charge in [0, 0.05) is 0 Å². The summed E-state index contributed by atoms with van der Waals surface area (Å²) in [7, 11) is -4.70. The Morgan fingerprint density at radius 3 is 1.67 bits per heavy atom. The van der Waals surface area contributed by atoms with E-state index in [2.05, 4.69) is 0 Å². The van der Waals surface area contributed by atoms with Crippen molar-refractivity contribution in [2.24, 2.45) is 5.41 Å². The molecule has 0 heterocycles. The van der Waals surface area contributed by atoms with Crippen LogP contribution >= 0.6 is 0 Å². The molecule has 0 aliphatic rings. The Morgan fingerprint density at radius 2 is 1.43 bits per heavy atom. The molecule has 0 aliphatic carbocycles. The average Bonchev–Trinajstić information content (AvgIpc) is 2.24. The summed E-state index contributed by atoms with van der Waals surface area (Å²) in [6, 6.07) is 1.54. The Balaban J connectivity index is 3.76. The van der Waals surface area contributed by atoms with Gasteiger partial charge in [0.05, 0.1) is 16.0 Å². The quantitative estimate of drug-likeness (QED) is 0.723. The second-order valence-electron chi connectivity index (χ2n) is 5.82. The standard InChI is InChI=1S/C13H16O7S/c1-13(2,3)6-10-8(11(14)15)4-7(21(18,19)20)5-9(10)12(16)17/h4-5H,6H2,1-3H3,(H,14,15)(H,16,17)(H,18,19,20). The first-order valence-corrected chi connectivity index (χ1v) is 7.38. The second-order valence-corrected chi connectivity index (χ2v) is 7.24. The second kappa shape index (κ2) is 5.45. The van der Waals surface area contributed by atoms with E-state index in [4.69, 9.17) is 4.55 Å². The van der Waals surface area contributed by atoms with E-state index in [9.17, 15) is 28.2 Å². The zero-order valence-corrected chi connectivity index (χ0v) is 12.6. The molecule has 0 spiro atoms. The molecule has 21 heavy (non-hydrogen) atoms. The van der Waals surface area contributed by atoms with E-state index >= 15 is 0 Å². The lowest BCUT2D eigenvalue weighted by Gasteiger charge is -2.21. The molecule has 3 N–H and O–H groups in total. The third-order valence-corrected chi connectivity index (χ3v) is 3.52. The van der Waals surface area contributed by atoms with Crippen molar-refractivity contribution < 1.29 is 32.8 Å². The molecule has 1 aromatic rings. The zero-order valence-electron chi connectivity index (χ0n) is 11.7. The molecule has 0 saturated carbocycles. The van der Waals surface area contributed by atoms with Gasteiger partial charge in [-0.1, -0.05) is 20.8 Å². The Labute approximate surface area is 122 Å². The monoisotopic (exact) mass is 316 g/mol. The van der Waals surface area contributed by atoms with E-state index in [0.29, 0.717) is 0 Å². The number of hydrogen-bond donors (Lipinski definition) is 3. The Bertz CT molecular complexity index is 661. The molecule has 0 saturated heterocycles. The summed E-state index contributed by atoms with van der Waals surface area (Å²) >= 11 is 0. The molecule has 1 rings (SSSR count). The highest BCUT2D eigenvalue weighted by Gasteiger charge is 2.26. The zero-order chi connectivity index (χ0) is 16.6. The largest absolute Gasteiger partial charge is 0.478 e. The van der Waals surface area contributed by atoms with Crippen molar-refractivity contribution in [3.63, 3.8) is 0 Å². The fourth-order valence-corrected chi connectivity index (χ4v) is 2.43. The van der Waals surface area contributed by atoms with E-state index in [1.807, 2.05) is 0 Å². The summed E-state index contributed by atoms with van der Waals surface area (Å²) in [6.07, 6.45) is 0.127. The normalized spacial score (nSPS) is 12.2. The SMILES string of the molecule is CC(C)(C)Cc1c(C(=O)O)cc(S(=O)(=O)O)cc1C(=O)O. The molecule has 0 aliphatic heterocycles. The summed E-state index contributed by atoms with van der Waals surface area (Å²) in [5.41, 5.74) is -1.28. The predicted octanol–water partition coefficient (Wildman–Crippen LogP) is 1.92. The summed E-state index contributed by atoms with van der Waals surface area (Å²) in [4.78, 5) is 21.8. The topological polar surface area (TPSA) is 129 Å². The number of rotatable bonds is 4. The maximum Gasteiger partial charge on any atom is 0.336 e. The van der Waals surface area contributed by atoms with E-state index in [1.165, 1.54) is 0 Å². The first-order valence-electron chi connectivity index (χ1n) is 5.94. The molecule has 0 unspecified atom stereocenters. The molecule has 1 aromatic carbocycles. The van der Waals surface area contributed by atoms with Crippen LogP contribution in [0, 0.1) is 5.41 Å². The highest BCUT2D eigenvalue weighted by molar-refractivity contribution is 7.85. The van der Waals surface area contributed by atoms with Crippen LogP contribution in [-0.4, -0.2) is 35.1 Å². The molecular formula is C13H16O7S. The van der Waals surface area contributed by atoms with Gasteiger partial charge in [-0.3, -0.25) is 4.55 Å². The van der Waals surface area contributed by atoms with E-state index in [0.717, 1.165) is 12.1 Å². The van der Waals surface area contributed by atoms with Gasteiger partial charge in [0.2, 0.25) is 0 Å². The molecule has 116 valence electrons. The summed E-state index contributed by atoms with van der Waals surface area (Å²) < 4.78 is 31.3. The van der Waals surface area contributed by atoms with Crippen molar-refractivity contribution in [3.8, 4) is 0 Å². The van der Waals surface area contributed by atoms with Gasteiger partial charge in [0.25, 0.3) is 10.1 Å². The molecule has 0 amide bonds. The number of carboxylic acid groups (broad SMARTS) is 2. The summed E-state index contributed by atoms with van der Waals surface area (Å²) in [6.45, 7) is 5.38. The fraction of sp³-hybridized carbons (Fsp3) is 0.385. The Morgan fingerprint density at radius 1 is 1.05 bits per heavy atom. The van der Waals surface area contributed by atoms with Crippen molar-refractivity contribution in [1.29, 1.82) is 0 Å². The average molecular weight is 316 g/mol.